The van der Waals surface area contributed by atoms with Crippen molar-refractivity contribution in [1.29, 1.82) is 0 Å². The smallest absolute Gasteiger partial charge is 0.306 e. The van der Waals surface area contributed by atoms with E-state index in [1.807, 2.05) is 0 Å². The van der Waals surface area contributed by atoms with Crippen LogP contribution in [0.25, 0.3) is 0 Å². The van der Waals surface area contributed by atoms with E-state index in [0.717, 1.165) is 103 Å². The molecule has 0 aromatic rings. The van der Waals surface area contributed by atoms with E-state index in [4.69, 9.17) is 14.2 Å². The number of unbranched alkanes of at least 4 members (excludes halogenated alkanes) is 42. The first kappa shape index (κ1) is 77.9. The Hall–Kier alpha value is -3.15. The van der Waals surface area contributed by atoms with Crippen molar-refractivity contribution in [2.45, 2.75) is 374 Å². The van der Waals surface area contributed by atoms with E-state index in [-0.39, 0.29) is 31.1 Å². The number of carbonyl (C=O) groups excluding carboxylic acids is 3. The van der Waals surface area contributed by atoms with Gasteiger partial charge in [-0.15, -0.1) is 0 Å². The Labute approximate surface area is 503 Å². The fourth-order valence-electron chi connectivity index (χ4n) is 10.3. The Morgan fingerprint density at radius 1 is 0.247 bits per heavy atom. The van der Waals surface area contributed by atoms with Crippen molar-refractivity contribution in [3.8, 4) is 0 Å². The maximum atomic E-state index is 12.9. The maximum Gasteiger partial charge on any atom is 0.306 e. The zero-order valence-corrected chi connectivity index (χ0v) is 54.1. The lowest BCUT2D eigenvalue weighted by Gasteiger charge is -2.18. The van der Waals surface area contributed by atoms with Crippen molar-refractivity contribution in [3.63, 3.8) is 0 Å². The Balaban J connectivity index is 4.31. The number of hydrogen-bond acceptors (Lipinski definition) is 6. The van der Waals surface area contributed by atoms with Crippen LogP contribution in [0.3, 0.4) is 0 Å². The summed E-state index contributed by atoms with van der Waals surface area (Å²) in [5.74, 6) is -0.891. The van der Waals surface area contributed by atoms with Gasteiger partial charge < -0.3 is 14.2 Å². The van der Waals surface area contributed by atoms with Crippen LogP contribution in [0.4, 0.5) is 0 Å². The van der Waals surface area contributed by atoms with Gasteiger partial charge in [-0.3, -0.25) is 14.4 Å². The molecule has 0 amide bonds. The molecule has 0 heterocycles. The fraction of sp³-hybridized carbons (Fsp3) is 0.800. The van der Waals surface area contributed by atoms with Crippen molar-refractivity contribution in [2.24, 2.45) is 0 Å². The van der Waals surface area contributed by atoms with Gasteiger partial charge in [-0.25, -0.2) is 0 Å². The minimum Gasteiger partial charge on any atom is -0.462 e. The van der Waals surface area contributed by atoms with Gasteiger partial charge in [0.05, 0.1) is 0 Å². The van der Waals surface area contributed by atoms with Crippen LogP contribution in [0.5, 0.6) is 0 Å². The summed E-state index contributed by atoms with van der Waals surface area (Å²) >= 11 is 0. The Morgan fingerprint density at radius 3 is 0.728 bits per heavy atom. The van der Waals surface area contributed by atoms with Gasteiger partial charge in [-0.1, -0.05) is 306 Å². The quantitative estimate of drug-likeness (QED) is 0.0261. The van der Waals surface area contributed by atoms with Gasteiger partial charge in [0, 0.05) is 19.3 Å². The number of hydrogen-bond donors (Lipinski definition) is 0. The first-order valence-corrected chi connectivity index (χ1v) is 35.4. The average molecular weight is 1130 g/mol. The van der Waals surface area contributed by atoms with Crippen LogP contribution in [0, 0.1) is 0 Å². The molecule has 0 radical (unpaired) electrons. The summed E-state index contributed by atoms with van der Waals surface area (Å²) in [6.45, 7) is 6.63. The number of esters is 3. The Morgan fingerprint density at radius 2 is 0.444 bits per heavy atom. The molecule has 0 saturated heterocycles. The predicted octanol–water partition coefficient (Wildman–Crippen LogP) is 24.4. The summed E-state index contributed by atoms with van der Waals surface area (Å²) in [4.78, 5) is 38.4. The van der Waals surface area contributed by atoms with Crippen LogP contribution in [-0.2, 0) is 28.6 Å². The van der Waals surface area contributed by atoms with Crippen molar-refractivity contribution in [2.75, 3.05) is 13.2 Å². The van der Waals surface area contributed by atoms with E-state index in [1.54, 1.807) is 0 Å². The van der Waals surface area contributed by atoms with Crippen LogP contribution in [0.15, 0.2) is 72.9 Å². The van der Waals surface area contributed by atoms with Crippen LogP contribution < -0.4 is 0 Å². The first-order chi connectivity index (χ1) is 40.0. The number of allylic oxidation sites excluding steroid dienone is 12. The third-order valence-corrected chi connectivity index (χ3v) is 15.7. The molecule has 0 aliphatic rings. The summed E-state index contributed by atoms with van der Waals surface area (Å²) in [7, 11) is 0. The molecule has 0 aliphatic carbocycles. The van der Waals surface area contributed by atoms with Crippen molar-refractivity contribution in [1.82, 2.24) is 0 Å². The number of carbonyl (C=O) groups is 3. The summed E-state index contributed by atoms with van der Waals surface area (Å²) in [6.07, 6.45) is 90.7. The molecule has 0 aliphatic heterocycles. The second-order valence-electron chi connectivity index (χ2n) is 23.8. The van der Waals surface area contributed by atoms with Gasteiger partial charge >= 0.3 is 17.9 Å². The minimum atomic E-state index is -0.790. The highest BCUT2D eigenvalue weighted by atomic mass is 16.6. The first-order valence-electron chi connectivity index (χ1n) is 35.4. The van der Waals surface area contributed by atoms with Gasteiger partial charge in [0.25, 0.3) is 0 Å². The van der Waals surface area contributed by atoms with E-state index in [9.17, 15) is 14.4 Å². The molecule has 0 N–H and O–H groups in total. The van der Waals surface area contributed by atoms with Gasteiger partial charge in [0.1, 0.15) is 13.2 Å². The third-order valence-electron chi connectivity index (χ3n) is 15.7. The Kier molecular flexibility index (Phi) is 66.6. The molecule has 0 rings (SSSR count). The molecule has 0 aromatic carbocycles. The van der Waals surface area contributed by atoms with Gasteiger partial charge in [-0.05, 0) is 116 Å². The number of rotatable bonds is 65. The van der Waals surface area contributed by atoms with Crippen LogP contribution in [0.1, 0.15) is 367 Å². The second kappa shape index (κ2) is 69.3. The van der Waals surface area contributed by atoms with Gasteiger partial charge in [0.2, 0.25) is 0 Å². The second-order valence-corrected chi connectivity index (χ2v) is 23.8. The molecule has 81 heavy (non-hydrogen) atoms. The zero-order chi connectivity index (χ0) is 58.5. The van der Waals surface area contributed by atoms with Crippen molar-refractivity contribution >= 4 is 17.9 Å². The SMILES string of the molecule is CCCCC/C=C\C/C=C\CCCCCCCC(=O)OCC(COC(=O)CCCCCCCCCCCCCCCCC/C=C\CCCCCCCCCC)OC(=O)CCCCCCCC/C=C\C/C=C\C/C=C\CCCCCCC. The van der Waals surface area contributed by atoms with E-state index in [1.165, 1.54) is 225 Å². The molecule has 6 nitrogen and oxygen atoms in total. The highest BCUT2D eigenvalue weighted by Crippen LogP contribution is 2.17. The molecule has 0 fully saturated rings. The average Bonchev–Trinajstić information content (AvgIpc) is 3.47. The van der Waals surface area contributed by atoms with E-state index >= 15 is 0 Å². The standard InChI is InChI=1S/C75H134O6/c1-4-7-10-13-16-19-22-25-28-30-32-34-35-36-37-38-39-41-42-44-47-50-53-56-59-62-65-68-74(77)80-71-72(70-79-73(76)67-64-61-58-55-52-49-46-27-24-21-18-15-12-9-6-3)81-75(78)69-66-63-60-57-54-51-48-45-43-40-33-31-29-26-23-20-17-14-11-8-5-2/h18,21,23,26-27,30-33,43,45-46,72H,4-17,19-20,22,24-25,28-29,34-42,44,47-71H2,1-3H3/b21-18-,26-23-,32-30-,33-31-,45-43-,46-27-. The summed E-state index contributed by atoms with van der Waals surface area (Å²) in [5, 5.41) is 0. The van der Waals surface area contributed by atoms with Gasteiger partial charge in [0.15, 0.2) is 6.10 Å². The molecule has 0 spiro atoms. The largest absolute Gasteiger partial charge is 0.462 e. The Bertz CT molecular complexity index is 1490. The van der Waals surface area contributed by atoms with Crippen LogP contribution >= 0.6 is 0 Å². The minimum absolute atomic E-state index is 0.0831. The molecule has 0 aromatic heterocycles. The van der Waals surface area contributed by atoms with Crippen molar-refractivity contribution < 1.29 is 28.6 Å². The fourth-order valence-corrected chi connectivity index (χ4v) is 10.3. The highest BCUT2D eigenvalue weighted by Gasteiger charge is 2.19. The van der Waals surface area contributed by atoms with Crippen molar-refractivity contribution in [3.05, 3.63) is 72.9 Å². The third kappa shape index (κ3) is 67.5. The molecular formula is C75H134O6. The summed E-state index contributed by atoms with van der Waals surface area (Å²) < 4.78 is 17.0. The maximum absolute atomic E-state index is 12.9. The molecule has 470 valence electrons. The molecule has 1 atom stereocenters. The summed E-state index contributed by atoms with van der Waals surface area (Å²) in [6, 6.07) is 0. The predicted molar refractivity (Wildman–Crippen MR) is 353 cm³/mol. The monoisotopic (exact) mass is 1130 g/mol. The molecular weight excluding hydrogens is 997 g/mol. The lowest BCUT2D eigenvalue weighted by atomic mass is 10.0. The van der Waals surface area contributed by atoms with E-state index < -0.39 is 6.10 Å². The molecule has 0 bridgehead atoms. The lowest BCUT2D eigenvalue weighted by molar-refractivity contribution is -0.167. The van der Waals surface area contributed by atoms with Gasteiger partial charge in [-0.2, -0.15) is 0 Å². The van der Waals surface area contributed by atoms with E-state index in [2.05, 4.69) is 93.7 Å². The zero-order valence-electron chi connectivity index (χ0n) is 54.1. The lowest BCUT2D eigenvalue weighted by Crippen LogP contribution is -2.30. The summed E-state index contributed by atoms with van der Waals surface area (Å²) in [5.41, 5.74) is 0. The topological polar surface area (TPSA) is 78.9 Å². The van der Waals surface area contributed by atoms with E-state index in [0.29, 0.717) is 19.3 Å². The molecule has 0 saturated carbocycles. The van der Waals surface area contributed by atoms with Crippen LogP contribution in [0.2, 0.25) is 0 Å². The normalized spacial score (nSPS) is 12.5. The molecule has 1 unspecified atom stereocenters. The number of ether oxygens (including phenoxy) is 3. The molecule has 6 heteroatoms. The van der Waals surface area contributed by atoms with Crippen LogP contribution in [-0.4, -0.2) is 37.2 Å². The highest BCUT2D eigenvalue weighted by molar-refractivity contribution is 5.71.